The molecule has 1 N–H and O–H groups in total. The standard InChI is InChI=1S/C24H26BrN3O2/c1-5-19-8-6-7-16(2)24(19)28-17(3)13-20(18(28)4)14-26-27-23(29)15-30-22-11-9-21(25)10-12-22/h6-14H,5,15H2,1-4H3,(H,27,29)/b26-14+. The van der Waals surface area contributed by atoms with Crippen LogP contribution in [0.3, 0.4) is 0 Å². The van der Waals surface area contributed by atoms with Crippen LogP contribution in [0.25, 0.3) is 5.69 Å². The number of carbonyl (C=O) groups is 1. The van der Waals surface area contributed by atoms with Crippen LogP contribution in [0.1, 0.15) is 35.0 Å². The monoisotopic (exact) mass is 467 g/mol. The van der Waals surface area contributed by atoms with Crippen LogP contribution in [0.2, 0.25) is 0 Å². The molecule has 0 aliphatic carbocycles. The maximum absolute atomic E-state index is 12.0. The molecule has 0 aliphatic heterocycles. The number of halogens is 1. The number of ether oxygens (including phenoxy) is 1. The Morgan fingerprint density at radius 1 is 1.17 bits per heavy atom. The quantitative estimate of drug-likeness (QED) is 0.380. The van der Waals surface area contributed by atoms with E-state index in [4.69, 9.17) is 4.74 Å². The van der Waals surface area contributed by atoms with E-state index < -0.39 is 0 Å². The first kappa shape index (κ1) is 21.8. The average molecular weight is 468 g/mol. The molecule has 6 heteroatoms. The highest BCUT2D eigenvalue weighted by molar-refractivity contribution is 9.10. The molecule has 2 aromatic carbocycles. The van der Waals surface area contributed by atoms with E-state index in [0.29, 0.717) is 5.75 Å². The van der Waals surface area contributed by atoms with Gasteiger partial charge in [-0.25, -0.2) is 5.43 Å². The van der Waals surface area contributed by atoms with Gasteiger partial charge in [0.25, 0.3) is 5.91 Å². The summed E-state index contributed by atoms with van der Waals surface area (Å²) in [6, 6.07) is 15.8. The summed E-state index contributed by atoms with van der Waals surface area (Å²) in [6.45, 7) is 8.36. The van der Waals surface area contributed by atoms with E-state index in [-0.39, 0.29) is 12.5 Å². The van der Waals surface area contributed by atoms with Gasteiger partial charge >= 0.3 is 0 Å². The van der Waals surface area contributed by atoms with Crippen LogP contribution < -0.4 is 10.2 Å². The van der Waals surface area contributed by atoms with Crippen molar-refractivity contribution in [3.63, 3.8) is 0 Å². The number of rotatable bonds is 7. The van der Waals surface area contributed by atoms with Crippen molar-refractivity contribution in [2.45, 2.75) is 34.1 Å². The highest BCUT2D eigenvalue weighted by atomic mass is 79.9. The Kier molecular flexibility index (Phi) is 7.11. The molecule has 30 heavy (non-hydrogen) atoms. The van der Waals surface area contributed by atoms with Gasteiger partial charge in [-0.1, -0.05) is 41.1 Å². The fraction of sp³-hybridized carbons (Fsp3) is 0.250. The minimum Gasteiger partial charge on any atom is -0.484 e. The fourth-order valence-electron chi connectivity index (χ4n) is 3.47. The van der Waals surface area contributed by atoms with Crippen molar-refractivity contribution in [3.8, 4) is 11.4 Å². The van der Waals surface area contributed by atoms with E-state index in [1.807, 2.05) is 12.1 Å². The molecule has 156 valence electrons. The van der Waals surface area contributed by atoms with Gasteiger partial charge < -0.3 is 9.30 Å². The smallest absolute Gasteiger partial charge is 0.277 e. The molecule has 0 bridgehead atoms. The van der Waals surface area contributed by atoms with Crippen molar-refractivity contribution in [2.24, 2.45) is 5.10 Å². The number of benzene rings is 2. The Morgan fingerprint density at radius 2 is 1.90 bits per heavy atom. The molecule has 1 heterocycles. The largest absolute Gasteiger partial charge is 0.484 e. The van der Waals surface area contributed by atoms with Crippen LogP contribution in [0.15, 0.2) is 58.1 Å². The summed E-state index contributed by atoms with van der Waals surface area (Å²) in [5, 5.41) is 4.12. The van der Waals surface area contributed by atoms with Crippen molar-refractivity contribution in [1.82, 2.24) is 9.99 Å². The van der Waals surface area contributed by atoms with E-state index >= 15 is 0 Å². The molecule has 0 atom stereocenters. The number of nitrogens with one attached hydrogen (secondary N) is 1. The third-order valence-corrected chi connectivity index (χ3v) is 5.50. The van der Waals surface area contributed by atoms with Gasteiger partial charge in [0.15, 0.2) is 6.61 Å². The zero-order chi connectivity index (χ0) is 21.7. The molecule has 0 radical (unpaired) electrons. The molecule has 3 rings (SSSR count). The van der Waals surface area contributed by atoms with Gasteiger partial charge in [-0.05, 0) is 68.7 Å². The minimum absolute atomic E-state index is 0.0962. The Bertz CT molecular complexity index is 1070. The van der Waals surface area contributed by atoms with E-state index in [1.54, 1.807) is 18.3 Å². The lowest BCUT2D eigenvalue weighted by molar-refractivity contribution is -0.123. The molecule has 5 nitrogen and oxygen atoms in total. The number of aryl methyl sites for hydroxylation is 3. The second-order valence-electron chi connectivity index (χ2n) is 7.13. The number of hydrogen-bond acceptors (Lipinski definition) is 3. The molecule has 0 saturated heterocycles. The Labute approximate surface area is 185 Å². The van der Waals surface area contributed by atoms with E-state index in [2.05, 4.69) is 83.0 Å². The molecular weight excluding hydrogens is 442 g/mol. The van der Waals surface area contributed by atoms with Crippen molar-refractivity contribution in [2.75, 3.05) is 6.61 Å². The van der Waals surface area contributed by atoms with Crippen molar-refractivity contribution < 1.29 is 9.53 Å². The molecule has 1 amide bonds. The number of carbonyl (C=O) groups excluding carboxylic acids is 1. The van der Waals surface area contributed by atoms with Gasteiger partial charge in [0.2, 0.25) is 0 Å². The summed E-state index contributed by atoms with van der Waals surface area (Å²) >= 11 is 3.37. The lowest BCUT2D eigenvalue weighted by atomic mass is 10.1. The third-order valence-electron chi connectivity index (χ3n) is 4.97. The topological polar surface area (TPSA) is 55.6 Å². The predicted octanol–water partition coefficient (Wildman–Crippen LogP) is 5.26. The van der Waals surface area contributed by atoms with Crippen LogP contribution >= 0.6 is 15.9 Å². The van der Waals surface area contributed by atoms with E-state index in [9.17, 15) is 4.79 Å². The number of amides is 1. The molecule has 0 unspecified atom stereocenters. The van der Waals surface area contributed by atoms with Crippen molar-refractivity contribution in [1.29, 1.82) is 0 Å². The zero-order valence-corrected chi connectivity index (χ0v) is 19.3. The van der Waals surface area contributed by atoms with Crippen LogP contribution in [-0.4, -0.2) is 23.3 Å². The summed E-state index contributed by atoms with van der Waals surface area (Å²) in [6.07, 6.45) is 2.65. The highest BCUT2D eigenvalue weighted by Gasteiger charge is 2.14. The first-order chi connectivity index (χ1) is 14.4. The second-order valence-corrected chi connectivity index (χ2v) is 8.05. The van der Waals surface area contributed by atoms with Crippen molar-refractivity contribution >= 4 is 28.1 Å². The minimum atomic E-state index is -0.310. The second kappa shape index (κ2) is 9.76. The van der Waals surface area contributed by atoms with Crippen LogP contribution in [0, 0.1) is 20.8 Å². The lowest BCUT2D eigenvalue weighted by Crippen LogP contribution is -2.24. The van der Waals surface area contributed by atoms with Crippen LogP contribution in [-0.2, 0) is 11.2 Å². The van der Waals surface area contributed by atoms with Gasteiger partial charge in [-0.3, -0.25) is 4.79 Å². The zero-order valence-electron chi connectivity index (χ0n) is 17.7. The Hall–Kier alpha value is -2.86. The molecule has 0 fully saturated rings. The SMILES string of the molecule is CCc1cccc(C)c1-n1c(C)cc(/C=N/NC(=O)COc2ccc(Br)cc2)c1C. The summed E-state index contributed by atoms with van der Waals surface area (Å²) in [4.78, 5) is 12.0. The van der Waals surface area contributed by atoms with Gasteiger partial charge in [-0.15, -0.1) is 0 Å². The molecule has 3 aromatic rings. The predicted molar refractivity (Wildman–Crippen MR) is 125 cm³/mol. The van der Waals surface area contributed by atoms with E-state index in [1.165, 1.54) is 16.8 Å². The van der Waals surface area contributed by atoms with Crippen LogP contribution in [0.4, 0.5) is 0 Å². The number of hydrogen-bond donors (Lipinski definition) is 1. The molecule has 0 spiro atoms. The number of hydrazone groups is 1. The summed E-state index contributed by atoms with van der Waals surface area (Å²) in [7, 11) is 0. The Morgan fingerprint density at radius 3 is 2.60 bits per heavy atom. The fourth-order valence-corrected chi connectivity index (χ4v) is 3.74. The molecule has 0 aliphatic rings. The van der Waals surface area contributed by atoms with Crippen LogP contribution in [0.5, 0.6) is 5.75 Å². The number of para-hydroxylation sites is 1. The summed E-state index contributed by atoms with van der Waals surface area (Å²) < 4.78 is 8.67. The first-order valence-electron chi connectivity index (χ1n) is 9.88. The highest BCUT2D eigenvalue weighted by Crippen LogP contribution is 2.26. The maximum atomic E-state index is 12.0. The van der Waals surface area contributed by atoms with Gasteiger partial charge in [0, 0.05) is 21.4 Å². The summed E-state index contributed by atoms with van der Waals surface area (Å²) in [5.41, 5.74) is 9.47. The molecular formula is C24H26BrN3O2. The number of aromatic nitrogens is 1. The summed E-state index contributed by atoms with van der Waals surface area (Å²) in [5.74, 6) is 0.320. The first-order valence-corrected chi connectivity index (χ1v) is 10.7. The normalized spacial score (nSPS) is 11.1. The van der Waals surface area contributed by atoms with Crippen molar-refractivity contribution in [3.05, 3.63) is 81.1 Å². The average Bonchev–Trinajstić information content (AvgIpc) is 3.00. The van der Waals surface area contributed by atoms with E-state index in [0.717, 1.165) is 27.8 Å². The van der Waals surface area contributed by atoms with Gasteiger partial charge in [0.05, 0.1) is 11.9 Å². The Balaban J connectivity index is 1.69. The molecule has 1 aromatic heterocycles. The van der Waals surface area contributed by atoms with Gasteiger partial charge in [0.1, 0.15) is 5.75 Å². The number of nitrogens with zero attached hydrogens (tertiary/aromatic N) is 2. The maximum Gasteiger partial charge on any atom is 0.277 e. The molecule has 0 saturated carbocycles. The lowest BCUT2D eigenvalue weighted by Gasteiger charge is -2.17. The third kappa shape index (κ3) is 5.00. The van der Waals surface area contributed by atoms with Gasteiger partial charge in [-0.2, -0.15) is 5.10 Å².